The van der Waals surface area contributed by atoms with Crippen molar-refractivity contribution in [2.45, 2.75) is 25.4 Å². The SMILES string of the molecule is Nc1c(-n2cc3ccc(CNC(=O)c4cc(C(=O)N[C@H]5CCc6cc(C(=O)O)ccc65)ncn4)cc3n2)c(=O)c1=O. The molecule has 1 atom stereocenters. The monoisotopic (exact) mass is 551 g/mol. The Balaban J connectivity index is 1.11. The van der Waals surface area contributed by atoms with Gasteiger partial charge in [0.2, 0.25) is 0 Å². The van der Waals surface area contributed by atoms with Crippen molar-refractivity contribution in [2.75, 3.05) is 5.73 Å². The molecular formula is C28H21N7O6. The summed E-state index contributed by atoms with van der Waals surface area (Å²) < 4.78 is 1.27. The third-order valence-electron chi connectivity index (χ3n) is 7.08. The lowest BCUT2D eigenvalue weighted by molar-refractivity contribution is 0.0696. The summed E-state index contributed by atoms with van der Waals surface area (Å²) in [5.74, 6) is -2.01. The number of nitrogens with two attached hydrogens (primary N) is 1. The molecule has 2 aromatic heterocycles. The summed E-state index contributed by atoms with van der Waals surface area (Å²) >= 11 is 0. The second-order valence-electron chi connectivity index (χ2n) is 9.64. The van der Waals surface area contributed by atoms with E-state index >= 15 is 0 Å². The van der Waals surface area contributed by atoms with Crippen molar-refractivity contribution in [3.05, 3.63) is 109 Å². The van der Waals surface area contributed by atoms with Gasteiger partial charge in [0.15, 0.2) is 0 Å². The van der Waals surface area contributed by atoms with Crippen molar-refractivity contribution in [1.82, 2.24) is 30.4 Å². The summed E-state index contributed by atoms with van der Waals surface area (Å²) in [5, 5.41) is 19.9. The van der Waals surface area contributed by atoms with Crippen molar-refractivity contribution in [2.24, 2.45) is 0 Å². The Kier molecular flexibility index (Phi) is 6.10. The van der Waals surface area contributed by atoms with Crippen LogP contribution in [0.3, 0.4) is 0 Å². The Labute approximate surface area is 230 Å². The van der Waals surface area contributed by atoms with Crippen molar-refractivity contribution in [1.29, 1.82) is 0 Å². The lowest BCUT2D eigenvalue weighted by atomic mass is 10.0. The third-order valence-corrected chi connectivity index (χ3v) is 7.08. The molecule has 3 aromatic carbocycles. The Hall–Kier alpha value is -5.72. The molecule has 0 spiro atoms. The van der Waals surface area contributed by atoms with E-state index in [0.717, 1.165) is 17.5 Å². The van der Waals surface area contributed by atoms with E-state index in [9.17, 15) is 29.1 Å². The molecule has 0 saturated carbocycles. The van der Waals surface area contributed by atoms with Gasteiger partial charge in [-0.1, -0.05) is 18.2 Å². The van der Waals surface area contributed by atoms with Crippen LogP contribution in [0.5, 0.6) is 0 Å². The van der Waals surface area contributed by atoms with Crippen LogP contribution in [0, 0.1) is 0 Å². The Morgan fingerprint density at radius 3 is 2.54 bits per heavy atom. The fourth-order valence-corrected chi connectivity index (χ4v) is 4.92. The second kappa shape index (κ2) is 9.79. The van der Waals surface area contributed by atoms with Crippen LogP contribution in [0.1, 0.15) is 60.5 Å². The van der Waals surface area contributed by atoms with Crippen LogP contribution in [0.25, 0.3) is 16.6 Å². The van der Waals surface area contributed by atoms with E-state index in [1.807, 2.05) is 0 Å². The van der Waals surface area contributed by atoms with E-state index < -0.39 is 28.6 Å². The van der Waals surface area contributed by atoms with E-state index in [1.54, 1.807) is 36.5 Å². The first-order valence-electron chi connectivity index (χ1n) is 12.5. The minimum atomic E-state index is -1.01. The largest absolute Gasteiger partial charge is 0.478 e. The quantitative estimate of drug-likeness (QED) is 0.212. The number of nitrogen functional groups attached to an aromatic ring is 1. The molecule has 6 rings (SSSR count). The third kappa shape index (κ3) is 4.58. The van der Waals surface area contributed by atoms with Gasteiger partial charge in [-0.25, -0.2) is 19.4 Å². The number of aromatic carboxylic acids is 1. The van der Waals surface area contributed by atoms with Crippen LogP contribution in [-0.4, -0.2) is 42.6 Å². The van der Waals surface area contributed by atoms with Crippen LogP contribution in [0.4, 0.5) is 5.69 Å². The molecule has 0 saturated heterocycles. The molecule has 204 valence electrons. The normalized spacial score (nSPS) is 14.2. The number of hydrogen-bond donors (Lipinski definition) is 4. The molecule has 0 bridgehead atoms. The molecule has 5 aromatic rings. The highest BCUT2D eigenvalue weighted by atomic mass is 16.4. The van der Waals surface area contributed by atoms with Crippen LogP contribution >= 0.6 is 0 Å². The van der Waals surface area contributed by atoms with Crippen LogP contribution in [0.15, 0.2) is 64.6 Å². The molecule has 2 heterocycles. The number of rotatable bonds is 7. The van der Waals surface area contributed by atoms with E-state index in [0.29, 0.717) is 29.3 Å². The van der Waals surface area contributed by atoms with E-state index in [1.165, 1.54) is 16.8 Å². The second-order valence-corrected chi connectivity index (χ2v) is 9.64. The van der Waals surface area contributed by atoms with E-state index in [-0.39, 0.29) is 40.9 Å². The summed E-state index contributed by atoms with van der Waals surface area (Å²) in [6.45, 7) is 0.132. The number of carboxylic acids is 1. The first-order valence-corrected chi connectivity index (χ1v) is 12.5. The number of carbonyl (C=O) groups is 3. The van der Waals surface area contributed by atoms with E-state index in [2.05, 4.69) is 25.7 Å². The highest BCUT2D eigenvalue weighted by Crippen LogP contribution is 2.32. The zero-order chi connectivity index (χ0) is 28.8. The zero-order valence-electron chi connectivity index (χ0n) is 21.2. The van der Waals surface area contributed by atoms with Crippen LogP contribution < -0.4 is 27.2 Å². The van der Waals surface area contributed by atoms with Gasteiger partial charge in [-0.3, -0.25) is 19.2 Å². The number of fused-ring (bicyclic) bond motifs is 2. The van der Waals surface area contributed by atoms with Crippen molar-refractivity contribution in [3.63, 3.8) is 0 Å². The van der Waals surface area contributed by atoms with Gasteiger partial charge in [-0.15, -0.1) is 0 Å². The minimum absolute atomic E-state index is 0.00371. The number of aryl methyl sites for hydroxylation is 1. The summed E-state index contributed by atoms with van der Waals surface area (Å²) in [5.41, 5.74) is 7.31. The number of carbonyl (C=O) groups excluding carboxylic acids is 2. The molecule has 5 N–H and O–H groups in total. The Morgan fingerprint density at radius 2 is 1.78 bits per heavy atom. The number of anilines is 1. The fraction of sp³-hybridized carbons (Fsp3) is 0.143. The molecule has 41 heavy (non-hydrogen) atoms. The van der Waals surface area contributed by atoms with Gasteiger partial charge in [-0.2, -0.15) is 5.10 Å². The lowest BCUT2D eigenvalue weighted by Crippen LogP contribution is -2.38. The molecule has 0 unspecified atom stereocenters. The first-order chi connectivity index (χ1) is 19.7. The average molecular weight is 552 g/mol. The molecule has 13 nitrogen and oxygen atoms in total. The van der Waals surface area contributed by atoms with E-state index in [4.69, 9.17) is 5.73 Å². The van der Waals surface area contributed by atoms with Gasteiger partial charge >= 0.3 is 5.97 Å². The summed E-state index contributed by atoms with van der Waals surface area (Å²) in [4.78, 5) is 68.2. The molecule has 1 aliphatic carbocycles. The number of hydrogen-bond acceptors (Lipinski definition) is 9. The predicted molar refractivity (Wildman–Crippen MR) is 146 cm³/mol. The summed E-state index contributed by atoms with van der Waals surface area (Å²) in [6, 6.07) is 11.1. The molecule has 0 radical (unpaired) electrons. The summed E-state index contributed by atoms with van der Waals surface area (Å²) in [6.07, 6.45) is 3.98. The summed E-state index contributed by atoms with van der Waals surface area (Å²) in [7, 11) is 0. The minimum Gasteiger partial charge on any atom is -0.478 e. The predicted octanol–water partition coefficient (Wildman–Crippen LogP) is 1.04. The lowest BCUT2D eigenvalue weighted by Gasteiger charge is -2.14. The van der Waals surface area contributed by atoms with Crippen molar-refractivity contribution >= 4 is 34.4 Å². The van der Waals surface area contributed by atoms with Gasteiger partial charge in [0.1, 0.15) is 29.1 Å². The Morgan fingerprint density at radius 1 is 1.00 bits per heavy atom. The molecule has 2 amide bonds. The van der Waals surface area contributed by atoms with Gasteiger partial charge < -0.3 is 21.5 Å². The van der Waals surface area contributed by atoms with Crippen LogP contribution in [-0.2, 0) is 13.0 Å². The highest BCUT2D eigenvalue weighted by molar-refractivity contribution is 5.97. The Bertz CT molecular complexity index is 1970. The van der Waals surface area contributed by atoms with Gasteiger partial charge in [0, 0.05) is 24.2 Å². The average Bonchev–Trinajstić information content (AvgIpc) is 3.58. The number of carboxylic acid groups (broad SMARTS) is 1. The van der Waals surface area contributed by atoms with Gasteiger partial charge in [0.05, 0.1) is 17.1 Å². The number of amides is 2. The fourth-order valence-electron chi connectivity index (χ4n) is 4.92. The standard InChI is InChI=1S/C28H21N7O6/c29-22-23(25(37)24(22)36)35-11-16-2-1-13(7-19(16)34-35)10-30-26(38)20-9-21(32-12-31-20)27(39)33-18-6-4-14-8-15(28(40)41)3-5-17(14)18/h1-3,5,7-9,11-12,18H,4,6,10,29H2,(H,30,38)(H,33,39)(H,40,41)/t18-/m0/s1. The highest BCUT2D eigenvalue weighted by Gasteiger charge is 2.26. The van der Waals surface area contributed by atoms with Crippen LogP contribution in [0.2, 0.25) is 0 Å². The number of aromatic nitrogens is 4. The number of nitrogens with one attached hydrogen (secondary N) is 2. The smallest absolute Gasteiger partial charge is 0.335 e. The number of benzene rings is 2. The zero-order valence-corrected chi connectivity index (χ0v) is 21.2. The number of nitrogens with zero attached hydrogens (tertiary/aromatic N) is 4. The molecule has 0 fully saturated rings. The maximum absolute atomic E-state index is 12.9. The van der Waals surface area contributed by atoms with Gasteiger partial charge in [0.25, 0.3) is 22.7 Å². The molecule has 0 aliphatic heterocycles. The maximum atomic E-state index is 12.9. The first kappa shape index (κ1) is 25.6. The van der Waals surface area contributed by atoms with Crippen molar-refractivity contribution in [3.8, 4) is 5.69 Å². The maximum Gasteiger partial charge on any atom is 0.335 e. The topological polar surface area (TPSA) is 199 Å². The molecule has 13 heteroatoms. The van der Waals surface area contributed by atoms with Gasteiger partial charge in [-0.05, 0) is 47.7 Å². The molecule has 1 aliphatic rings. The van der Waals surface area contributed by atoms with Crippen molar-refractivity contribution < 1.29 is 19.5 Å². The molecular weight excluding hydrogens is 530 g/mol.